The predicted molar refractivity (Wildman–Crippen MR) is 69.2 cm³/mol. The van der Waals surface area contributed by atoms with Crippen molar-refractivity contribution in [3.8, 4) is 6.07 Å². The fraction of sp³-hybridized carbons (Fsp3) is 0.357. The van der Waals surface area contributed by atoms with Crippen molar-refractivity contribution in [2.75, 3.05) is 0 Å². The summed E-state index contributed by atoms with van der Waals surface area (Å²) in [6.45, 7) is 6.24. The van der Waals surface area contributed by atoms with Gasteiger partial charge in [-0.1, -0.05) is 56.6 Å². The normalized spacial score (nSPS) is 12.2. The van der Waals surface area contributed by atoms with Crippen LogP contribution in [0.3, 0.4) is 0 Å². The molecule has 0 amide bonds. The van der Waals surface area contributed by atoms with Crippen LogP contribution in [-0.2, 0) is 0 Å². The highest BCUT2D eigenvalue weighted by Gasteiger charge is 2.05. The van der Waals surface area contributed by atoms with E-state index in [1.165, 1.54) is 5.56 Å². The maximum atomic E-state index is 8.91. The molecule has 0 radical (unpaired) electrons. The number of nitrogens with zero attached hydrogens (tertiary/aromatic N) is 1. The topological polar surface area (TPSA) is 23.8 Å². The van der Waals surface area contributed by atoms with Gasteiger partial charge in [-0.3, -0.25) is 0 Å². The quantitative estimate of drug-likeness (QED) is 0.695. The summed E-state index contributed by atoms with van der Waals surface area (Å²) in [4.78, 5) is 0. The number of benzene rings is 1. The smallest absolute Gasteiger partial charge is 0.0962 e. The van der Waals surface area contributed by atoms with Crippen LogP contribution in [0.25, 0.3) is 5.03 Å². The number of rotatable bonds is 3. The lowest BCUT2D eigenvalue weighted by Gasteiger charge is -2.07. The molecule has 0 heterocycles. The van der Waals surface area contributed by atoms with Gasteiger partial charge in [0, 0.05) is 5.57 Å². The zero-order valence-corrected chi connectivity index (χ0v) is 10.7. The summed E-state index contributed by atoms with van der Waals surface area (Å²) in [5.41, 5.74) is 2.84. The predicted octanol–water partition coefficient (Wildman–Crippen LogP) is 4.69. The van der Waals surface area contributed by atoms with E-state index in [0.717, 1.165) is 5.56 Å². The van der Waals surface area contributed by atoms with Crippen LogP contribution in [0.5, 0.6) is 0 Å². The molecule has 1 aromatic carbocycles. The van der Waals surface area contributed by atoms with Gasteiger partial charge in [-0.2, -0.15) is 5.26 Å². The van der Waals surface area contributed by atoms with E-state index >= 15 is 0 Å². The van der Waals surface area contributed by atoms with Crippen LogP contribution in [0.15, 0.2) is 29.8 Å². The SMILES string of the molecule is CCC(C#N)=C(Cl)c1ccc(C(C)C)cc1. The highest BCUT2D eigenvalue weighted by Crippen LogP contribution is 2.26. The molecule has 0 spiro atoms. The van der Waals surface area contributed by atoms with E-state index in [1.807, 2.05) is 19.1 Å². The van der Waals surface area contributed by atoms with Crippen LogP contribution in [0.2, 0.25) is 0 Å². The third-order valence-electron chi connectivity index (χ3n) is 2.58. The van der Waals surface area contributed by atoms with Crippen LogP contribution in [0.1, 0.15) is 44.2 Å². The van der Waals surface area contributed by atoms with Crippen LogP contribution in [-0.4, -0.2) is 0 Å². The average Bonchev–Trinajstić information content (AvgIpc) is 2.30. The molecule has 0 aliphatic heterocycles. The maximum absolute atomic E-state index is 8.91. The first-order valence-corrected chi connectivity index (χ1v) is 5.87. The average molecular weight is 234 g/mol. The Labute approximate surface area is 102 Å². The van der Waals surface area contributed by atoms with Crippen LogP contribution >= 0.6 is 11.6 Å². The minimum Gasteiger partial charge on any atom is -0.193 e. The van der Waals surface area contributed by atoms with Gasteiger partial charge >= 0.3 is 0 Å². The number of nitriles is 1. The Hall–Kier alpha value is -1.26. The van der Waals surface area contributed by atoms with Gasteiger partial charge in [-0.25, -0.2) is 0 Å². The van der Waals surface area contributed by atoms with Crippen molar-refractivity contribution in [3.63, 3.8) is 0 Å². The van der Waals surface area contributed by atoms with Crippen LogP contribution in [0.4, 0.5) is 0 Å². The summed E-state index contributed by atoms with van der Waals surface area (Å²) in [5, 5.41) is 9.48. The largest absolute Gasteiger partial charge is 0.193 e. The first kappa shape index (κ1) is 12.8. The molecule has 1 nitrogen and oxygen atoms in total. The van der Waals surface area contributed by atoms with Gasteiger partial charge in [0.1, 0.15) is 0 Å². The Balaban J connectivity index is 3.08. The van der Waals surface area contributed by atoms with Gasteiger partial charge in [-0.15, -0.1) is 0 Å². The lowest BCUT2D eigenvalue weighted by Crippen LogP contribution is -1.88. The molecule has 1 aromatic rings. The Bertz CT molecular complexity index is 421. The van der Waals surface area contributed by atoms with Crippen molar-refractivity contribution in [1.82, 2.24) is 0 Å². The summed E-state index contributed by atoms with van der Waals surface area (Å²) in [6, 6.07) is 10.2. The zero-order chi connectivity index (χ0) is 12.1. The van der Waals surface area contributed by atoms with Gasteiger partial charge in [0.05, 0.1) is 11.1 Å². The molecule has 1 rings (SSSR count). The second kappa shape index (κ2) is 5.72. The summed E-state index contributed by atoms with van der Waals surface area (Å²) >= 11 is 6.16. The minimum atomic E-state index is 0.512. The highest BCUT2D eigenvalue weighted by atomic mass is 35.5. The van der Waals surface area contributed by atoms with Crippen molar-refractivity contribution in [1.29, 1.82) is 5.26 Å². The molecule has 0 atom stereocenters. The number of hydrogen-bond donors (Lipinski definition) is 0. The van der Waals surface area contributed by atoms with E-state index in [0.29, 0.717) is 22.9 Å². The summed E-state index contributed by atoms with van der Waals surface area (Å²) in [7, 11) is 0. The second-order valence-corrected chi connectivity index (χ2v) is 4.41. The molecule has 0 saturated heterocycles. The summed E-state index contributed by atoms with van der Waals surface area (Å²) < 4.78 is 0. The number of halogens is 1. The van der Waals surface area contributed by atoms with Crippen LogP contribution < -0.4 is 0 Å². The van der Waals surface area contributed by atoms with E-state index < -0.39 is 0 Å². The minimum absolute atomic E-state index is 0.512. The van der Waals surface area contributed by atoms with E-state index in [-0.39, 0.29) is 0 Å². The number of hydrogen-bond acceptors (Lipinski definition) is 1. The molecule has 0 saturated carbocycles. The van der Waals surface area contributed by atoms with Gasteiger partial charge in [-0.05, 0) is 23.5 Å². The van der Waals surface area contributed by atoms with Gasteiger partial charge in [0.2, 0.25) is 0 Å². The summed E-state index contributed by atoms with van der Waals surface area (Å²) in [6.07, 6.45) is 0.668. The Kier molecular flexibility index (Phi) is 4.58. The first-order chi connectivity index (χ1) is 7.60. The standard InChI is InChI=1S/C14H16ClN/c1-4-11(9-16)14(15)13-7-5-12(6-8-13)10(2)3/h5-8,10H,4H2,1-3H3. The lowest BCUT2D eigenvalue weighted by molar-refractivity contribution is 0.866. The molecule has 0 aliphatic rings. The van der Waals surface area contributed by atoms with Gasteiger partial charge < -0.3 is 0 Å². The third kappa shape index (κ3) is 2.87. The molecule has 16 heavy (non-hydrogen) atoms. The van der Waals surface area contributed by atoms with Gasteiger partial charge in [0.25, 0.3) is 0 Å². The Morgan fingerprint density at radius 3 is 2.25 bits per heavy atom. The molecular weight excluding hydrogens is 218 g/mol. The molecule has 2 heteroatoms. The van der Waals surface area contributed by atoms with E-state index in [2.05, 4.69) is 32.0 Å². The van der Waals surface area contributed by atoms with Crippen molar-refractivity contribution < 1.29 is 0 Å². The monoisotopic (exact) mass is 233 g/mol. The molecule has 0 fully saturated rings. The maximum Gasteiger partial charge on any atom is 0.0962 e. The zero-order valence-electron chi connectivity index (χ0n) is 9.92. The number of allylic oxidation sites excluding steroid dienone is 1. The molecule has 0 unspecified atom stereocenters. The van der Waals surface area contributed by atoms with E-state index in [4.69, 9.17) is 16.9 Å². The lowest BCUT2D eigenvalue weighted by atomic mass is 10.0. The molecule has 0 aliphatic carbocycles. The Morgan fingerprint density at radius 1 is 1.31 bits per heavy atom. The third-order valence-corrected chi connectivity index (χ3v) is 3.03. The van der Waals surface area contributed by atoms with E-state index in [9.17, 15) is 0 Å². The van der Waals surface area contributed by atoms with Crippen molar-refractivity contribution in [2.45, 2.75) is 33.1 Å². The molecule has 0 N–H and O–H groups in total. The fourth-order valence-corrected chi connectivity index (χ4v) is 1.77. The second-order valence-electron chi connectivity index (χ2n) is 4.03. The summed E-state index contributed by atoms with van der Waals surface area (Å²) in [5.74, 6) is 0.512. The van der Waals surface area contributed by atoms with Gasteiger partial charge in [0.15, 0.2) is 0 Å². The van der Waals surface area contributed by atoms with E-state index in [1.54, 1.807) is 0 Å². The van der Waals surface area contributed by atoms with Crippen molar-refractivity contribution in [3.05, 3.63) is 41.0 Å². The Morgan fingerprint density at radius 2 is 1.88 bits per heavy atom. The first-order valence-electron chi connectivity index (χ1n) is 5.49. The molecular formula is C14H16ClN. The molecule has 0 bridgehead atoms. The fourth-order valence-electron chi connectivity index (χ4n) is 1.47. The molecule has 0 aromatic heterocycles. The van der Waals surface area contributed by atoms with Crippen LogP contribution in [0, 0.1) is 11.3 Å². The highest BCUT2D eigenvalue weighted by molar-refractivity contribution is 6.49. The molecule has 84 valence electrons. The van der Waals surface area contributed by atoms with Crippen molar-refractivity contribution in [2.24, 2.45) is 0 Å². The van der Waals surface area contributed by atoms with Crippen molar-refractivity contribution >= 4 is 16.6 Å².